The maximum Gasteiger partial charge on any atom is 0.258 e. The van der Waals surface area contributed by atoms with E-state index in [4.69, 9.17) is 25.8 Å². The maximum absolute atomic E-state index is 12.5. The summed E-state index contributed by atoms with van der Waals surface area (Å²) in [6.07, 6.45) is 0.698. The second kappa shape index (κ2) is 8.45. The molecule has 1 N–H and O–H groups in total. The van der Waals surface area contributed by atoms with Gasteiger partial charge < -0.3 is 19.5 Å². The van der Waals surface area contributed by atoms with Gasteiger partial charge in [0.25, 0.3) is 5.91 Å². The van der Waals surface area contributed by atoms with Crippen molar-refractivity contribution in [3.8, 4) is 17.2 Å². The number of halogens is 1. The lowest BCUT2D eigenvalue weighted by Crippen LogP contribution is -2.26. The van der Waals surface area contributed by atoms with Gasteiger partial charge in [-0.25, -0.2) is 0 Å². The number of methoxy groups -OCH3 is 3. The molecule has 0 atom stereocenters. The van der Waals surface area contributed by atoms with Crippen molar-refractivity contribution in [1.82, 2.24) is 5.32 Å². The van der Waals surface area contributed by atoms with Gasteiger partial charge in [0.15, 0.2) is 0 Å². The summed E-state index contributed by atoms with van der Waals surface area (Å²) in [6.45, 7) is 0.485. The highest BCUT2D eigenvalue weighted by Crippen LogP contribution is 2.33. The predicted octanol–water partition coefficient (Wildman–Crippen LogP) is 3.34. The largest absolute Gasteiger partial charge is 0.496 e. The molecule has 0 fully saturated rings. The van der Waals surface area contributed by atoms with Crippen molar-refractivity contribution in [2.75, 3.05) is 27.9 Å². The molecular formula is C18H20ClNO4. The summed E-state index contributed by atoms with van der Waals surface area (Å²) < 4.78 is 15.8. The van der Waals surface area contributed by atoms with Gasteiger partial charge in [0.1, 0.15) is 22.8 Å². The van der Waals surface area contributed by atoms with Gasteiger partial charge in [-0.1, -0.05) is 23.7 Å². The molecule has 2 aromatic rings. The fraction of sp³-hybridized carbons (Fsp3) is 0.278. The molecule has 2 rings (SSSR count). The van der Waals surface area contributed by atoms with E-state index in [1.54, 1.807) is 19.2 Å². The van der Waals surface area contributed by atoms with Crippen LogP contribution >= 0.6 is 11.6 Å². The Morgan fingerprint density at radius 2 is 1.58 bits per heavy atom. The molecule has 0 saturated heterocycles. The Hall–Kier alpha value is -2.40. The fourth-order valence-electron chi connectivity index (χ4n) is 2.29. The van der Waals surface area contributed by atoms with E-state index in [9.17, 15) is 4.79 Å². The van der Waals surface area contributed by atoms with Crippen LogP contribution in [0.4, 0.5) is 0 Å². The Morgan fingerprint density at radius 3 is 2.08 bits per heavy atom. The van der Waals surface area contributed by atoms with Gasteiger partial charge in [-0.05, 0) is 24.1 Å². The molecule has 128 valence electrons. The Labute approximate surface area is 146 Å². The summed E-state index contributed by atoms with van der Waals surface area (Å²) in [5.74, 6) is 1.09. The molecule has 0 aliphatic heterocycles. The van der Waals surface area contributed by atoms with E-state index in [-0.39, 0.29) is 5.91 Å². The van der Waals surface area contributed by atoms with Crippen molar-refractivity contribution in [3.63, 3.8) is 0 Å². The van der Waals surface area contributed by atoms with Crippen LogP contribution in [0.1, 0.15) is 15.9 Å². The first-order chi connectivity index (χ1) is 11.6. The minimum Gasteiger partial charge on any atom is -0.496 e. The van der Waals surface area contributed by atoms with Gasteiger partial charge in [-0.3, -0.25) is 4.79 Å². The lowest BCUT2D eigenvalue weighted by Gasteiger charge is -2.15. The van der Waals surface area contributed by atoms with Crippen molar-refractivity contribution >= 4 is 17.5 Å². The molecular weight excluding hydrogens is 330 g/mol. The molecule has 0 unspecified atom stereocenters. The molecule has 0 spiro atoms. The summed E-state index contributed by atoms with van der Waals surface area (Å²) in [5.41, 5.74) is 1.44. The van der Waals surface area contributed by atoms with Crippen LogP contribution in [-0.4, -0.2) is 33.8 Å². The highest BCUT2D eigenvalue weighted by molar-refractivity contribution is 6.30. The lowest BCUT2D eigenvalue weighted by atomic mass is 10.1. The molecule has 0 saturated carbocycles. The predicted molar refractivity (Wildman–Crippen MR) is 93.6 cm³/mol. The van der Waals surface area contributed by atoms with Crippen LogP contribution in [0, 0.1) is 0 Å². The third-order valence-corrected chi connectivity index (χ3v) is 3.81. The monoisotopic (exact) mass is 349 g/mol. The van der Waals surface area contributed by atoms with E-state index >= 15 is 0 Å². The zero-order valence-electron chi connectivity index (χ0n) is 13.9. The second-order valence-corrected chi connectivity index (χ2v) is 5.48. The number of carbonyl (C=O) groups excluding carboxylic acids is 1. The highest BCUT2D eigenvalue weighted by atomic mass is 35.5. The molecule has 1 amide bonds. The van der Waals surface area contributed by atoms with Crippen LogP contribution in [0.15, 0.2) is 36.4 Å². The first-order valence-corrected chi connectivity index (χ1v) is 7.79. The first-order valence-electron chi connectivity index (χ1n) is 7.41. The van der Waals surface area contributed by atoms with Crippen LogP contribution < -0.4 is 19.5 Å². The zero-order valence-corrected chi connectivity index (χ0v) is 14.6. The molecule has 0 aliphatic rings. The number of hydrogen-bond acceptors (Lipinski definition) is 4. The Bertz CT molecular complexity index is 676. The number of amides is 1. The number of nitrogens with one attached hydrogen (secondary N) is 1. The minimum atomic E-state index is -0.264. The van der Waals surface area contributed by atoms with Crippen molar-refractivity contribution in [3.05, 3.63) is 52.5 Å². The van der Waals surface area contributed by atoms with Crippen molar-refractivity contribution in [2.24, 2.45) is 0 Å². The number of carbonyl (C=O) groups is 1. The standard InChI is InChI=1S/C18H20ClNO4/c1-22-14-10-15(23-2)17(16(11-14)24-3)18(21)20-9-8-12-4-6-13(19)7-5-12/h4-7,10-11H,8-9H2,1-3H3,(H,20,21). The Kier molecular flexibility index (Phi) is 6.32. The van der Waals surface area contributed by atoms with E-state index in [0.29, 0.717) is 40.8 Å². The van der Waals surface area contributed by atoms with E-state index in [1.807, 2.05) is 24.3 Å². The SMILES string of the molecule is COc1cc(OC)c(C(=O)NCCc2ccc(Cl)cc2)c(OC)c1. The van der Waals surface area contributed by atoms with Crippen molar-refractivity contribution in [1.29, 1.82) is 0 Å². The van der Waals surface area contributed by atoms with Gasteiger partial charge in [-0.15, -0.1) is 0 Å². The second-order valence-electron chi connectivity index (χ2n) is 5.04. The average Bonchev–Trinajstić information content (AvgIpc) is 2.61. The van der Waals surface area contributed by atoms with Crippen molar-refractivity contribution in [2.45, 2.75) is 6.42 Å². The lowest BCUT2D eigenvalue weighted by molar-refractivity contribution is 0.0948. The quantitative estimate of drug-likeness (QED) is 0.833. The number of benzene rings is 2. The van der Waals surface area contributed by atoms with Crippen LogP contribution in [0.25, 0.3) is 0 Å². The molecule has 0 heterocycles. The number of ether oxygens (including phenoxy) is 3. The van der Waals surface area contributed by atoms with Crippen molar-refractivity contribution < 1.29 is 19.0 Å². The third kappa shape index (κ3) is 4.32. The van der Waals surface area contributed by atoms with Crippen LogP contribution in [0.3, 0.4) is 0 Å². The minimum absolute atomic E-state index is 0.264. The number of hydrogen-bond donors (Lipinski definition) is 1. The van der Waals surface area contributed by atoms with Gasteiger partial charge in [0.2, 0.25) is 0 Å². The van der Waals surface area contributed by atoms with E-state index in [0.717, 1.165) is 5.56 Å². The maximum atomic E-state index is 12.5. The summed E-state index contributed by atoms with van der Waals surface area (Å²) in [4.78, 5) is 12.5. The molecule has 0 aliphatic carbocycles. The average molecular weight is 350 g/mol. The van der Waals surface area contributed by atoms with Gasteiger partial charge in [0.05, 0.1) is 21.3 Å². The highest BCUT2D eigenvalue weighted by Gasteiger charge is 2.20. The zero-order chi connectivity index (χ0) is 17.5. The van der Waals surface area contributed by atoms with Gasteiger partial charge in [-0.2, -0.15) is 0 Å². The summed E-state index contributed by atoms with van der Waals surface area (Å²) in [6, 6.07) is 10.8. The van der Waals surface area contributed by atoms with E-state index in [2.05, 4.69) is 5.32 Å². The Balaban J connectivity index is 2.09. The van der Waals surface area contributed by atoms with Gasteiger partial charge in [0, 0.05) is 23.7 Å². The molecule has 0 radical (unpaired) electrons. The van der Waals surface area contributed by atoms with Gasteiger partial charge >= 0.3 is 0 Å². The summed E-state index contributed by atoms with van der Waals surface area (Å²) in [5, 5.41) is 3.57. The molecule has 24 heavy (non-hydrogen) atoms. The molecule has 0 bridgehead atoms. The summed E-state index contributed by atoms with van der Waals surface area (Å²) >= 11 is 5.86. The molecule has 5 nitrogen and oxygen atoms in total. The first kappa shape index (κ1) is 17.9. The topological polar surface area (TPSA) is 56.8 Å². The Morgan fingerprint density at radius 1 is 1.00 bits per heavy atom. The van der Waals surface area contributed by atoms with E-state index in [1.165, 1.54) is 14.2 Å². The number of rotatable bonds is 7. The molecule has 2 aromatic carbocycles. The molecule has 6 heteroatoms. The van der Waals surface area contributed by atoms with Crippen LogP contribution in [-0.2, 0) is 6.42 Å². The smallest absolute Gasteiger partial charge is 0.258 e. The van der Waals surface area contributed by atoms with Crippen LogP contribution in [0.2, 0.25) is 5.02 Å². The normalized spacial score (nSPS) is 10.2. The fourth-order valence-corrected chi connectivity index (χ4v) is 2.42. The van der Waals surface area contributed by atoms with E-state index < -0.39 is 0 Å². The van der Waals surface area contributed by atoms with Crippen LogP contribution in [0.5, 0.6) is 17.2 Å². The third-order valence-electron chi connectivity index (χ3n) is 3.55. The summed E-state index contributed by atoms with van der Waals surface area (Å²) in [7, 11) is 4.54. The molecule has 0 aromatic heterocycles.